The Morgan fingerprint density at radius 1 is 1.43 bits per heavy atom. The quantitative estimate of drug-likeness (QED) is 0.698. The van der Waals surface area contributed by atoms with E-state index in [-0.39, 0.29) is 6.04 Å². The molecule has 1 aliphatic heterocycles. The number of hydrogen-bond acceptors (Lipinski definition) is 3. The first-order valence-electron chi connectivity index (χ1n) is 5.16. The number of likely N-dealkylation sites (tertiary alicyclic amines) is 1. The van der Waals surface area contributed by atoms with E-state index in [1.165, 1.54) is 0 Å². The van der Waals surface area contributed by atoms with Gasteiger partial charge in [-0.15, -0.1) is 0 Å². The number of carboxylic acids is 1. The average Bonchev–Trinajstić information content (AvgIpc) is 2.08. The third-order valence-corrected chi connectivity index (χ3v) is 2.81. The highest BCUT2D eigenvalue weighted by Gasteiger charge is 2.40. The lowest BCUT2D eigenvalue weighted by Gasteiger charge is -2.39. The first kappa shape index (κ1) is 11.5. The summed E-state index contributed by atoms with van der Waals surface area (Å²) in [6.45, 7) is 5.68. The molecule has 0 amide bonds. The standard InChI is InChI=1S/C10H20N2O2/c1-8(2)11-10(9(13)14)4-6-12(3)7-5-10/h8,11H,4-7H2,1-3H3,(H,13,14). The molecule has 1 saturated heterocycles. The van der Waals surface area contributed by atoms with Crippen LogP contribution in [0.4, 0.5) is 0 Å². The van der Waals surface area contributed by atoms with E-state index in [0.29, 0.717) is 12.8 Å². The van der Waals surface area contributed by atoms with Gasteiger partial charge in [0.1, 0.15) is 5.54 Å². The largest absolute Gasteiger partial charge is 0.480 e. The third-order valence-electron chi connectivity index (χ3n) is 2.81. The Hall–Kier alpha value is -0.610. The van der Waals surface area contributed by atoms with Crippen LogP contribution < -0.4 is 5.32 Å². The molecule has 0 radical (unpaired) electrons. The maximum Gasteiger partial charge on any atom is 0.324 e. The Bertz CT molecular complexity index is 208. The summed E-state index contributed by atoms with van der Waals surface area (Å²) in [6.07, 6.45) is 1.38. The lowest BCUT2D eigenvalue weighted by atomic mass is 9.87. The summed E-state index contributed by atoms with van der Waals surface area (Å²) in [6, 6.07) is 0.217. The minimum absolute atomic E-state index is 0.217. The monoisotopic (exact) mass is 200 g/mol. The van der Waals surface area contributed by atoms with Gasteiger partial charge in [0.05, 0.1) is 0 Å². The zero-order valence-corrected chi connectivity index (χ0v) is 9.21. The predicted octanol–water partition coefficient (Wildman–Crippen LogP) is 0.533. The fourth-order valence-corrected chi connectivity index (χ4v) is 1.97. The molecule has 1 rings (SSSR count). The van der Waals surface area contributed by atoms with E-state index in [4.69, 9.17) is 0 Å². The Labute approximate surface area is 85.3 Å². The molecule has 1 aliphatic rings. The molecule has 1 fully saturated rings. The van der Waals surface area contributed by atoms with E-state index < -0.39 is 11.5 Å². The molecular weight excluding hydrogens is 180 g/mol. The van der Waals surface area contributed by atoms with Crippen molar-refractivity contribution in [2.75, 3.05) is 20.1 Å². The fourth-order valence-electron chi connectivity index (χ4n) is 1.97. The van der Waals surface area contributed by atoms with Crippen LogP contribution in [0.25, 0.3) is 0 Å². The van der Waals surface area contributed by atoms with Crippen LogP contribution in [0.1, 0.15) is 26.7 Å². The molecule has 0 unspecified atom stereocenters. The highest BCUT2D eigenvalue weighted by molar-refractivity contribution is 5.79. The van der Waals surface area contributed by atoms with Crippen molar-refractivity contribution in [1.82, 2.24) is 10.2 Å². The first-order valence-corrected chi connectivity index (χ1v) is 5.16. The van der Waals surface area contributed by atoms with Gasteiger partial charge in [-0.1, -0.05) is 0 Å². The molecule has 4 heteroatoms. The molecule has 1 heterocycles. The van der Waals surface area contributed by atoms with Gasteiger partial charge in [0.15, 0.2) is 0 Å². The molecule has 0 aromatic heterocycles. The van der Waals surface area contributed by atoms with Gasteiger partial charge in [0.2, 0.25) is 0 Å². The summed E-state index contributed by atoms with van der Waals surface area (Å²) in [4.78, 5) is 13.4. The Kier molecular flexibility index (Phi) is 3.50. The van der Waals surface area contributed by atoms with Gasteiger partial charge in [0.25, 0.3) is 0 Å². The van der Waals surface area contributed by atoms with Crippen LogP contribution >= 0.6 is 0 Å². The lowest BCUT2D eigenvalue weighted by Crippen LogP contribution is -2.59. The lowest BCUT2D eigenvalue weighted by molar-refractivity contribution is -0.147. The zero-order valence-electron chi connectivity index (χ0n) is 9.21. The van der Waals surface area contributed by atoms with Crippen LogP contribution in [0, 0.1) is 0 Å². The maximum atomic E-state index is 11.2. The molecule has 0 atom stereocenters. The van der Waals surface area contributed by atoms with Gasteiger partial charge < -0.3 is 10.0 Å². The summed E-state index contributed by atoms with van der Waals surface area (Å²) < 4.78 is 0. The molecule has 2 N–H and O–H groups in total. The number of piperidine rings is 1. The molecule has 0 bridgehead atoms. The number of carboxylic acid groups (broad SMARTS) is 1. The number of nitrogens with one attached hydrogen (secondary N) is 1. The van der Waals surface area contributed by atoms with Crippen LogP contribution in [0.5, 0.6) is 0 Å². The number of nitrogens with zero attached hydrogens (tertiary/aromatic N) is 1. The molecule has 0 aromatic rings. The van der Waals surface area contributed by atoms with Gasteiger partial charge >= 0.3 is 5.97 Å². The van der Waals surface area contributed by atoms with E-state index in [0.717, 1.165) is 13.1 Å². The highest BCUT2D eigenvalue weighted by atomic mass is 16.4. The second kappa shape index (κ2) is 4.28. The summed E-state index contributed by atoms with van der Waals surface area (Å²) in [7, 11) is 2.03. The fraction of sp³-hybridized carbons (Fsp3) is 0.900. The Morgan fingerprint density at radius 2 is 1.93 bits per heavy atom. The van der Waals surface area contributed by atoms with Gasteiger partial charge in [-0.25, -0.2) is 0 Å². The molecule has 0 saturated carbocycles. The topological polar surface area (TPSA) is 52.6 Å². The summed E-state index contributed by atoms with van der Waals surface area (Å²) in [5.41, 5.74) is -0.694. The smallest absolute Gasteiger partial charge is 0.324 e. The molecule has 4 nitrogen and oxygen atoms in total. The third kappa shape index (κ3) is 2.45. The van der Waals surface area contributed by atoms with Crippen LogP contribution in [0.2, 0.25) is 0 Å². The number of hydrogen-bond donors (Lipinski definition) is 2. The molecular formula is C10H20N2O2. The molecule has 82 valence electrons. The SMILES string of the molecule is CC(C)NC1(C(=O)O)CCN(C)CC1. The maximum absolute atomic E-state index is 11.2. The average molecular weight is 200 g/mol. The van der Waals surface area contributed by atoms with E-state index >= 15 is 0 Å². The van der Waals surface area contributed by atoms with Crippen molar-refractivity contribution in [2.24, 2.45) is 0 Å². The molecule has 0 aliphatic carbocycles. The summed E-state index contributed by atoms with van der Waals surface area (Å²) in [5.74, 6) is -0.709. The number of rotatable bonds is 3. The molecule has 14 heavy (non-hydrogen) atoms. The molecule has 0 spiro atoms. The number of carbonyl (C=O) groups is 1. The van der Waals surface area contributed by atoms with E-state index in [9.17, 15) is 9.90 Å². The van der Waals surface area contributed by atoms with Crippen molar-refractivity contribution in [1.29, 1.82) is 0 Å². The van der Waals surface area contributed by atoms with Crippen molar-refractivity contribution in [3.05, 3.63) is 0 Å². The van der Waals surface area contributed by atoms with E-state index in [1.54, 1.807) is 0 Å². The van der Waals surface area contributed by atoms with Gasteiger partial charge in [-0.05, 0) is 33.7 Å². The highest BCUT2D eigenvalue weighted by Crippen LogP contribution is 2.22. The van der Waals surface area contributed by atoms with Gasteiger partial charge in [-0.3, -0.25) is 10.1 Å². The van der Waals surface area contributed by atoms with Gasteiger partial charge in [-0.2, -0.15) is 0 Å². The van der Waals surface area contributed by atoms with Crippen molar-refractivity contribution in [3.8, 4) is 0 Å². The zero-order chi connectivity index (χ0) is 10.8. The predicted molar refractivity (Wildman–Crippen MR) is 55.4 cm³/mol. The van der Waals surface area contributed by atoms with E-state index in [1.807, 2.05) is 20.9 Å². The van der Waals surface area contributed by atoms with Crippen molar-refractivity contribution in [3.63, 3.8) is 0 Å². The van der Waals surface area contributed by atoms with Crippen molar-refractivity contribution in [2.45, 2.75) is 38.3 Å². The Morgan fingerprint density at radius 3 is 2.29 bits per heavy atom. The van der Waals surface area contributed by atoms with Crippen LogP contribution in [0.15, 0.2) is 0 Å². The summed E-state index contributed by atoms with van der Waals surface area (Å²) >= 11 is 0. The van der Waals surface area contributed by atoms with E-state index in [2.05, 4.69) is 10.2 Å². The van der Waals surface area contributed by atoms with Crippen LogP contribution in [-0.4, -0.2) is 47.7 Å². The van der Waals surface area contributed by atoms with Crippen molar-refractivity contribution >= 4 is 5.97 Å². The van der Waals surface area contributed by atoms with Crippen molar-refractivity contribution < 1.29 is 9.90 Å². The van der Waals surface area contributed by atoms with Crippen LogP contribution in [-0.2, 0) is 4.79 Å². The normalized spacial score (nSPS) is 22.6. The summed E-state index contributed by atoms with van der Waals surface area (Å²) in [5, 5.41) is 12.4. The second-order valence-corrected chi connectivity index (χ2v) is 4.49. The minimum Gasteiger partial charge on any atom is -0.480 e. The Balaban J connectivity index is 2.68. The number of aliphatic carboxylic acids is 1. The molecule has 0 aromatic carbocycles. The van der Waals surface area contributed by atoms with Crippen LogP contribution in [0.3, 0.4) is 0 Å². The second-order valence-electron chi connectivity index (χ2n) is 4.49. The minimum atomic E-state index is -0.709. The van der Waals surface area contributed by atoms with Gasteiger partial charge in [0, 0.05) is 19.1 Å². The first-order chi connectivity index (χ1) is 6.46.